The minimum Gasteiger partial charge on any atom is -0.320 e. The van der Waals surface area contributed by atoms with Crippen molar-refractivity contribution in [3.8, 4) is 0 Å². The second kappa shape index (κ2) is 7.98. The molecule has 7 nitrogen and oxygen atoms in total. The van der Waals surface area contributed by atoms with Crippen molar-refractivity contribution in [2.75, 3.05) is 11.1 Å². The lowest BCUT2D eigenvalue weighted by Gasteiger charge is -2.06. The molecule has 2 heterocycles. The number of nitro benzene ring substituents is 1. The van der Waals surface area contributed by atoms with Crippen LogP contribution in [0.15, 0.2) is 35.6 Å². The maximum absolute atomic E-state index is 12.1. The summed E-state index contributed by atoms with van der Waals surface area (Å²) in [4.78, 5) is 33.2. The standard InChI is InChI=1S/C16H13ClN4O3S2/c1-9-6-11-15(18-8-19-16(11)26-9)25-5-4-14(22)20-12-3-2-10(17)7-13(12)21(23)24/h2-3,6-8H,4-5H2,1H3,(H,20,22). The lowest BCUT2D eigenvalue weighted by Crippen LogP contribution is -2.13. The fourth-order valence-corrected chi connectivity index (χ4v) is 4.28. The van der Waals surface area contributed by atoms with E-state index in [0.29, 0.717) is 5.75 Å². The number of nitro groups is 1. The van der Waals surface area contributed by atoms with E-state index in [1.807, 2.05) is 13.0 Å². The van der Waals surface area contributed by atoms with Gasteiger partial charge in [-0.25, -0.2) is 9.97 Å². The van der Waals surface area contributed by atoms with Crippen molar-refractivity contribution < 1.29 is 9.72 Å². The number of aromatic nitrogens is 2. The predicted octanol–water partition coefficient (Wildman–Crippen LogP) is 4.68. The topological polar surface area (TPSA) is 98.0 Å². The number of fused-ring (bicyclic) bond motifs is 1. The van der Waals surface area contributed by atoms with Gasteiger partial charge in [-0.2, -0.15) is 0 Å². The Balaban J connectivity index is 1.62. The lowest BCUT2D eigenvalue weighted by atomic mass is 10.2. The molecule has 134 valence electrons. The SMILES string of the molecule is Cc1cc2c(SCCC(=O)Nc3ccc(Cl)cc3[N+](=O)[O-])ncnc2s1. The highest BCUT2D eigenvalue weighted by Gasteiger charge is 2.16. The van der Waals surface area contributed by atoms with E-state index in [-0.39, 0.29) is 28.7 Å². The molecule has 0 unspecified atom stereocenters. The van der Waals surface area contributed by atoms with Gasteiger partial charge in [-0.05, 0) is 25.1 Å². The Bertz CT molecular complexity index is 993. The zero-order valence-electron chi connectivity index (χ0n) is 13.6. The summed E-state index contributed by atoms with van der Waals surface area (Å²) in [5.41, 5.74) is -0.1000. The first-order valence-corrected chi connectivity index (χ1v) is 9.70. The van der Waals surface area contributed by atoms with Crippen LogP contribution < -0.4 is 5.32 Å². The molecule has 1 aromatic carbocycles. The number of halogens is 1. The average Bonchev–Trinajstić information content (AvgIpc) is 2.97. The van der Waals surface area contributed by atoms with Crippen molar-refractivity contribution in [3.05, 3.63) is 50.6 Å². The van der Waals surface area contributed by atoms with Gasteiger partial charge < -0.3 is 5.32 Å². The van der Waals surface area contributed by atoms with Gasteiger partial charge in [0.05, 0.1) is 4.92 Å². The van der Waals surface area contributed by atoms with Gasteiger partial charge in [0.25, 0.3) is 5.69 Å². The van der Waals surface area contributed by atoms with Crippen molar-refractivity contribution in [2.45, 2.75) is 18.4 Å². The Labute approximate surface area is 162 Å². The van der Waals surface area contributed by atoms with Crippen LogP contribution in [-0.2, 0) is 4.79 Å². The van der Waals surface area contributed by atoms with E-state index >= 15 is 0 Å². The third-order valence-electron chi connectivity index (χ3n) is 3.41. The molecule has 1 N–H and O–H groups in total. The van der Waals surface area contributed by atoms with Gasteiger partial charge in [-0.1, -0.05) is 11.6 Å². The Morgan fingerprint density at radius 2 is 2.19 bits per heavy atom. The van der Waals surface area contributed by atoms with Crippen LogP contribution in [0.3, 0.4) is 0 Å². The maximum Gasteiger partial charge on any atom is 0.294 e. The molecule has 3 aromatic rings. The van der Waals surface area contributed by atoms with Gasteiger partial charge in [-0.3, -0.25) is 14.9 Å². The molecule has 0 saturated heterocycles. The summed E-state index contributed by atoms with van der Waals surface area (Å²) in [5, 5.41) is 15.7. The molecule has 2 aromatic heterocycles. The van der Waals surface area contributed by atoms with Crippen molar-refractivity contribution >= 4 is 62.2 Å². The highest BCUT2D eigenvalue weighted by atomic mass is 35.5. The maximum atomic E-state index is 12.1. The summed E-state index contributed by atoms with van der Waals surface area (Å²) in [6, 6.07) is 6.16. The van der Waals surface area contributed by atoms with E-state index in [2.05, 4.69) is 15.3 Å². The van der Waals surface area contributed by atoms with Crippen LogP contribution in [0.5, 0.6) is 0 Å². The third-order valence-corrected chi connectivity index (χ3v) is 5.62. The van der Waals surface area contributed by atoms with Crippen LogP contribution in [0, 0.1) is 17.0 Å². The Hall–Kier alpha value is -2.23. The number of nitrogens with zero attached hydrogens (tertiary/aromatic N) is 3. The first kappa shape index (κ1) is 18.6. The summed E-state index contributed by atoms with van der Waals surface area (Å²) >= 11 is 8.82. The quantitative estimate of drug-likeness (QED) is 0.275. The molecule has 0 fully saturated rings. The normalized spacial score (nSPS) is 10.8. The summed E-state index contributed by atoms with van der Waals surface area (Å²) < 4.78 is 0. The van der Waals surface area contributed by atoms with E-state index in [0.717, 1.165) is 20.1 Å². The molecule has 0 spiro atoms. The molecule has 26 heavy (non-hydrogen) atoms. The van der Waals surface area contributed by atoms with E-state index < -0.39 is 4.92 Å². The number of aryl methyl sites for hydroxylation is 1. The van der Waals surface area contributed by atoms with Crippen molar-refractivity contribution in [1.82, 2.24) is 9.97 Å². The smallest absolute Gasteiger partial charge is 0.294 e. The molecule has 0 bridgehead atoms. The Morgan fingerprint density at radius 3 is 2.96 bits per heavy atom. The minimum absolute atomic E-state index is 0.132. The molecule has 0 aliphatic heterocycles. The number of carbonyl (C=O) groups is 1. The summed E-state index contributed by atoms with van der Waals surface area (Å²) in [6.07, 6.45) is 1.71. The Kier molecular flexibility index (Phi) is 5.70. The number of benzene rings is 1. The number of amides is 1. The predicted molar refractivity (Wildman–Crippen MR) is 104 cm³/mol. The van der Waals surface area contributed by atoms with Gasteiger partial charge in [0.2, 0.25) is 5.91 Å². The summed E-state index contributed by atoms with van der Waals surface area (Å²) in [6.45, 7) is 2.01. The molecule has 1 amide bonds. The summed E-state index contributed by atoms with van der Waals surface area (Å²) in [7, 11) is 0. The van der Waals surface area contributed by atoms with Crippen LogP contribution in [0.2, 0.25) is 5.02 Å². The van der Waals surface area contributed by atoms with Crippen molar-refractivity contribution in [2.24, 2.45) is 0 Å². The lowest BCUT2D eigenvalue weighted by molar-refractivity contribution is -0.383. The second-order valence-corrected chi connectivity index (χ2v) is 8.07. The number of thioether (sulfide) groups is 1. The first-order chi connectivity index (χ1) is 12.4. The number of thiophene rings is 1. The molecule has 0 saturated carbocycles. The fourth-order valence-electron chi connectivity index (χ4n) is 2.28. The number of carbonyl (C=O) groups excluding carboxylic acids is 1. The highest BCUT2D eigenvalue weighted by molar-refractivity contribution is 7.99. The fraction of sp³-hybridized carbons (Fsp3) is 0.188. The molecular weight excluding hydrogens is 396 g/mol. The van der Waals surface area contributed by atoms with Gasteiger partial charge in [0.15, 0.2) is 0 Å². The molecule has 0 aliphatic rings. The molecule has 3 rings (SSSR count). The largest absolute Gasteiger partial charge is 0.320 e. The van der Waals surface area contributed by atoms with Crippen LogP contribution >= 0.6 is 34.7 Å². The summed E-state index contributed by atoms with van der Waals surface area (Å²) in [5.74, 6) is 0.184. The molecular formula is C16H13ClN4O3S2. The third kappa shape index (κ3) is 4.29. The average molecular weight is 409 g/mol. The van der Waals surface area contributed by atoms with E-state index in [1.165, 1.54) is 36.3 Å². The van der Waals surface area contributed by atoms with Crippen molar-refractivity contribution in [1.29, 1.82) is 0 Å². The van der Waals surface area contributed by atoms with E-state index in [4.69, 9.17) is 11.6 Å². The number of hydrogen-bond donors (Lipinski definition) is 1. The molecule has 10 heteroatoms. The number of rotatable bonds is 6. The van der Waals surface area contributed by atoms with Crippen LogP contribution in [0.4, 0.5) is 11.4 Å². The Morgan fingerprint density at radius 1 is 1.38 bits per heavy atom. The second-order valence-electron chi connectivity index (χ2n) is 5.32. The highest BCUT2D eigenvalue weighted by Crippen LogP contribution is 2.31. The van der Waals surface area contributed by atoms with Crippen LogP contribution in [0.1, 0.15) is 11.3 Å². The van der Waals surface area contributed by atoms with Gasteiger partial charge in [0.1, 0.15) is 21.9 Å². The number of anilines is 1. The first-order valence-electron chi connectivity index (χ1n) is 7.52. The zero-order chi connectivity index (χ0) is 18.7. The number of nitrogens with one attached hydrogen (secondary N) is 1. The molecule has 0 atom stereocenters. The van der Waals surface area contributed by atoms with Crippen LogP contribution in [-0.4, -0.2) is 26.6 Å². The molecule has 0 radical (unpaired) electrons. The van der Waals surface area contributed by atoms with E-state index in [1.54, 1.807) is 11.3 Å². The van der Waals surface area contributed by atoms with Crippen LogP contribution in [0.25, 0.3) is 10.2 Å². The number of hydrogen-bond acceptors (Lipinski definition) is 7. The van der Waals surface area contributed by atoms with Gasteiger partial charge >= 0.3 is 0 Å². The minimum atomic E-state index is -0.577. The van der Waals surface area contributed by atoms with Gasteiger partial charge in [0, 0.05) is 33.5 Å². The van der Waals surface area contributed by atoms with E-state index in [9.17, 15) is 14.9 Å². The monoisotopic (exact) mass is 408 g/mol. The van der Waals surface area contributed by atoms with Crippen molar-refractivity contribution in [3.63, 3.8) is 0 Å². The van der Waals surface area contributed by atoms with Gasteiger partial charge in [-0.15, -0.1) is 23.1 Å². The molecule has 0 aliphatic carbocycles. The zero-order valence-corrected chi connectivity index (χ0v) is 16.0.